The Balaban J connectivity index is 1.65. The average molecular weight is 489 g/mol. The molecule has 0 saturated heterocycles. The molecule has 0 aliphatic carbocycles. The van der Waals surface area contributed by atoms with Gasteiger partial charge in [0.15, 0.2) is 0 Å². The molecule has 4 aromatic carbocycles. The molecule has 4 nitrogen and oxygen atoms in total. The summed E-state index contributed by atoms with van der Waals surface area (Å²) in [6.45, 7) is 11.4. The molecule has 4 heteroatoms. The predicted molar refractivity (Wildman–Crippen MR) is 148 cm³/mol. The molecule has 0 aromatic heterocycles. The van der Waals surface area contributed by atoms with Gasteiger partial charge >= 0.3 is 11.9 Å². The van der Waals surface area contributed by atoms with Crippen LogP contribution in [0.3, 0.4) is 0 Å². The van der Waals surface area contributed by atoms with Crippen molar-refractivity contribution in [2.24, 2.45) is 0 Å². The molecular weight excluding hydrogens is 460 g/mol. The van der Waals surface area contributed by atoms with Crippen LogP contribution in [0.1, 0.15) is 37.4 Å². The maximum atomic E-state index is 13.1. The first-order chi connectivity index (χ1) is 18.0. The molecule has 184 valence electrons. The van der Waals surface area contributed by atoms with Crippen molar-refractivity contribution in [3.8, 4) is 11.5 Å². The zero-order chi connectivity index (χ0) is 26.2. The van der Waals surface area contributed by atoms with E-state index in [0.717, 1.165) is 27.5 Å². The van der Waals surface area contributed by atoms with E-state index in [1.807, 2.05) is 42.5 Å². The second-order valence-electron chi connectivity index (χ2n) is 8.54. The monoisotopic (exact) mass is 488 g/mol. The van der Waals surface area contributed by atoms with Crippen molar-refractivity contribution in [2.75, 3.05) is 0 Å². The van der Waals surface area contributed by atoms with E-state index in [0.29, 0.717) is 41.9 Å². The normalized spacial score (nSPS) is 10.5. The fourth-order valence-corrected chi connectivity index (χ4v) is 4.18. The molecule has 0 saturated carbocycles. The minimum atomic E-state index is -0.453. The number of hydrogen-bond donors (Lipinski definition) is 0. The van der Waals surface area contributed by atoms with E-state index in [4.69, 9.17) is 9.47 Å². The van der Waals surface area contributed by atoms with Crippen molar-refractivity contribution in [1.29, 1.82) is 0 Å². The number of para-hydroxylation sites is 2. The van der Waals surface area contributed by atoms with Crippen LogP contribution < -0.4 is 9.47 Å². The van der Waals surface area contributed by atoms with Gasteiger partial charge in [0.25, 0.3) is 0 Å². The highest BCUT2D eigenvalue weighted by molar-refractivity contribution is 6.01. The lowest BCUT2D eigenvalue weighted by Crippen LogP contribution is -2.11. The lowest BCUT2D eigenvalue weighted by Gasteiger charge is -2.13. The van der Waals surface area contributed by atoms with Crippen molar-refractivity contribution in [1.82, 2.24) is 0 Å². The molecule has 0 aliphatic heterocycles. The number of esters is 2. The van der Waals surface area contributed by atoms with Gasteiger partial charge in [0.1, 0.15) is 11.5 Å². The Hall–Kier alpha value is -4.70. The van der Waals surface area contributed by atoms with E-state index < -0.39 is 11.9 Å². The van der Waals surface area contributed by atoms with Gasteiger partial charge in [-0.15, -0.1) is 19.7 Å². The van der Waals surface area contributed by atoms with Crippen LogP contribution in [-0.4, -0.2) is 11.9 Å². The van der Waals surface area contributed by atoms with E-state index >= 15 is 0 Å². The molecule has 0 spiro atoms. The molecule has 4 rings (SSSR count). The molecule has 0 N–H and O–H groups in total. The van der Waals surface area contributed by atoms with Crippen LogP contribution in [0.2, 0.25) is 0 Å². The highest BCUT2D eigenvalue weighted by Gasteiger charge is 2.17. The maximum Gasteiger partial charge on any atom is 0.343 e. The zero-order valence-corrected chi connectivity index (χ0v) is 20.6. The Bertz CT molecular complexity index is 1500. The molecular formula is C33H28O4. The summed E-state index contributed by atoms with van der Waals surface area (Å²) in [4.78, 5) is 26.1. The second-order valence-corrected chi connectivity index (χ2v) is 8.54. The average Bonchev–Trinajstić information content (AvgIpc) is 2.91. The molecule has 4 aromatic rings. The fraction of sp³-hybridized carbons (Fsp3) is 0.0909. The van der Waals surface area contributed by atoms with Gasteiger partial charge in [-0.1, -0.05) is 60.7 Å². The van der Waals surface area contributed by atoms with Gasteiger partial charge in [-0.2, -0.15) is 0 Å². The number of hydrogen-bond acceptors (Lipinski definition) is 4. The molecule has 0 atom stereocenters. The summed E-state index contributed by atoms with van der Waals surface area (Å²) in [5.41, 5.74) is 3.47. The summed E-state index contributed by atoms with van der Waals surface area (Å²) in [6.07, 6.45) is 7.02. The number of carbonyl (C=O) groups is 2. The van der Waals surface area contributed by atoms with Crippen LogP contribution in [0.5, 0.6) is 11.5 Å². The van der Waals surface area contributed by atoms with Gasteiger partial charge in [-0.25, -0.2) is 9.59 Å². The van der Waals surface area contributed by atoms with Crippen molar-refractivity contribution in [3.05, 3.63) is 145 Å². The van der Waals surface area contributed by atoms with Crippen LogP contribution in [-0.2, 0) is 19.3 Å². The third-order valence-corrected chi connectivity index (χ3v) is 5.95. The largest absolute Gasteiger partial charge is 0.423 e. The predicted octanol–water partition coefficient (Wildman–Crippen LogP) is 7.46. The summed E-state index contributed by atoms with van der Waals surface area (Å²) in [5.74, 6) is 0.109. The Morgan fingerprint density at radius 3 is 1.68 bits per heavy atom. The molecule has 0 amide bonds. The third kappa shape index (κ3) is 5.93. The van der Waals surface area contributed by atoms with Crippen molar-refractivity contribution >= 4 is 22.7 Å². The molecule has 0 aliphatic rings. The van der Waals surface area contributed by atoms with Gasteiger partial charge in [0, 0.05) is 0 Å². The molecule has 0 unspecified atom stereocenters. The van der Waals surface area contributed by atoms with Gasteiger partial charge in [0.05, 0.1) is 11.1 Å². The lowest BCUT2D eigenvalue weighted by atomic mass is 9.97. The van der Waals surface area contributed by atoms with Gasteiger partial charge in [-0.3, -0.25) is 0 Å². The first-order valence-corrected chi connectivity index (χ1v) is 12.0. The molecule has 0 fully saturated rings. The van der Waals surface area contributed by atoms with Crippen LogP contribution in [0.25, 0.3) is 10.8 Å². The number of carbonyl (C=O) groups excluding carboxylic acids is 2. The fourth-order valence-electron chi connectivity index (χ4n) is 4.18. The van der Waals surface area contributed by atoms with Crippen LogP contribution in [0.4, 0.5) is 0 Å². The van der Waals surface area contributed by atoms with Crippen molar-refractivity contribution in [2.45, 2.75) is 19.3 Å². The summed E-state index contributed by atoms with van der Waals surface area (Å²) in [6, 6.07) is 23.7. The number of rotatable bonds is 10. The van der Waals surface area contributed by atoms with Gasteiger partial charge in [0.2, 0.25) is 0 Å². The standard InChI is InChI=1S/C33H28O4/c1-4-11-23-14-7-9-16-30(23)36-32(34)27-19-18-26-21-28(20-25(13-6-3)29(26)22-27)33(35)37-31-17-10-8-15-24(31)12-5-2/h4-10,14-22H,1-3,11-13H2. The van der Waals surface area contributed by atoms with E-state index in [-0.39, 0.29) is 0 Å². The summed E-state index contributed by atoms with van der Waals surface area (Å²) >= 11 is 0. The van der Waals surface area contributed by atoms with Crippen LogP contribution in [0.15, 0.2) is 117 Å². The number of allylic oxidation sites excluding steroid dienone is 3. The first-order valence-electron chi connectivity index (χ1n) is 12.0. The SMILES string of the molecule is C=CCc1ccccc1OC(=O)c1cc(CC=C)c2cc(C(=O)Oc3ccccc3CC=C)ccc2c1. The quantitative estimate of drug-likeness (QED) is 0.132. The highest BCUT2D eigenvalue weighted by Crippen LogP contribution is 2.27. The Labute approximate surface area is 217 Å². The lowest BCUT2D eigenvalue weighted by molar-refractivity contribution is 0.0723. The van der Waals surface area contributed by atoms with Gasteiger partial charge in [-0.05, 0) is 83.1 Å². The summed E-state index contributed by atoms with van der Waals surface area (Å²) in [7, 11) is 0. The van der Waals surface area contributed by atoms with Gasteiger partial charge < -0.3 is 9.47 Å². The number of ether oxygens (including phenoxy) is 2. The molecule has 0 bridgehead atoms. The van der Waals surface area contributed by atoms with E-state index in [2.05, 4.69) is 19.7 Å². The van der Waals surface area contributed by atoms with Crippen LogP contribution >= 0.6 is 0 Å². The topological polar surface area (TPSA) is 52.6 Å². The minimum absolute atomic E-state index is 0.417. The number of fused-ring (bicyclic) bond motifs is 1. The van der Waals surface area contributed by atoms with Crippen molar-refractivity contribution in [3.63, 3.8) is 0 Å². The number of benzene rings is 4. The summed E-state index contributed by atoms with van der Waals surface area (Å²) in [5, 5.41) is 1.66. The minimum Gasteiger partial charge on any atom is -0.423 e. The maximum absolute atomic E-state index is 13.1. The molecule has 0 radical (unpaired) electrons. The smallest absolute Gasteiger partial charge is 0.343 e. The second kappa shape index (κ2) is 11.8. The Kier molecular flexibility index (Phi) is 8.11. The summed E-state index contributed by atoms with van der Waals surface area (Å²) < 4.78 is 11.4. The first kappa shape index (κ1) is 25.4. The van der Waals surface area contributed by atoms with E-state index in [9.17, 15) is 9.59 Å². The third-order valence-electron chi connectivity index (χ3n) is 5.95. The Morgan fingerprint density at radius 2 is 1.11 bits per heavy atom. The van der Waals surface area contributed by atoms with E-state index in [1.54, 1.807) is 54.6 Å². The molecule has 37 heavy (non-hydrogen) atoms. The van der Waals surface area contributed by atoms with Crippen molar-refractivity contribution < 1.29 is 19.1 Å². The highest BCUT2D eigenvalue weighted by atomic mass is 16.5. The molecule has 0 heterocycles. The Morgan fingerprint density at radius 1 is 0.595 bits per heavy atom. The van der Waals surface area contributed by atoms with Crippen LogP contribution in [0, 0.1) is 0 Å². The zero-order valence-electron chi connectivity index (χ0n) is 20.6. The van der Waals surface area contributed by atoms with E-state index in [1.165, 1.54) is 0 Å².